The Morgan fingerprint density at radius 1 is 1.31 bits per heavy atom. The molecule has 1 heterocycles. The number of hydrogen-bond donors (Lipinski definition) is 0. The largest absolute Gasteiger partial charge is 0.245 e. The van der Waals surface area contributed by atoms with Crippen LogP contribution in [0.3, 0.4) is 0 Å². The Labute approximate surface area is 106 Å². The highest BCUT2D eigenvalue weighted by Gasteiger charge is 2.02. The van der Waals surface area contributed by atoms with Crippen LogP contribution >= 0.6 is 27.7 Å². The minimum Gasteiger partial charge on any atom is -0.245 e. The quantitative estimate of drug-likeness (QED) is 0.797. The van der Waals surface area contributed by atoms with Crippen molar-refractivity contribution < 1.29 is 0 Å². The van der Waals surface area contributed by atoms with Gasteiger partial charge in [-0.2, -0.15) is 5.26 Å². The van der Waals surface area contributed by atoms with Crippen molar-refractivity contribution in [1.82, 2.24) is 9.97 Å². The first-order valence-electron chi connectivity index (χ1n) is 4.43. The van der Waals surface area contributed by atoms with E-state index < -0.39 is 0 Å². The molecule has 0 aliphatic carbocycles. The van der Waals surface area contributed by atoms with Crippen LogP contribution in [0, 0.1) is 11.3 Å². The van der Waals surface area contributed by atoms with Gasteiger partial charge in [0, 0.05) is 15.6 Å². The normalized spacial score (nSPS) is 9.75. The van der Waals surface area contributed by atoms with Gasteiger partial charge in [-0.1, -0.05) is 11.8 Å². The first-order chi connectivity index (χ1) is 7.79. The predicted molar refractivity (Wildman–Crippen MR) is 65.0 cm³/mol. The summed E-state index contributed by atoms with van der Waals surface area (Å²) in [7, 11) is 0. The van der Waals surface area contributed by atoms with Crippen LogP contribution in [-0.4, -0.2) is 9.97 Å². The van der Waals surface area contributed by atoms with Crippen LogP contribution < -0.4 is 0 Å². The van der Waals surface area contributed by atoms with E-state index in [0.717, 1.165) is 14.4 Å². The number of nitriles is 1. The molecule has 0 atom stereocenters. The van der Waals surface area contributed by atoms with Gasteiger partial charge in [0.15, 0.2) is 0 Å². The first kappa shape index (κ1) is 11.1. The zero-order valence-corrected chi connectivity index (χ0v) is 10.5. The van der Waals surface area contributed by atoms with E-state index >= 15 is 0 Å². The van der Waals surface area contributed by atoms with Gasteiger partial charge in [-0.3, -0.25) is 0 Å². The molecule has 0 amide bonds. The Morgan fingerprint density at radius 2 is 2.19 bits per heavy atom. The molecule has 2 rings (SSSR count). The van der Waals surface area contributed by atoms with Crippen molar-refractivity contribution in [3.8, 4) is 6.07 Å². The lowest BCUT2D eigenvalue weighted by Crippen LogP contribution is -1.82. The number of nitrogens with zero attached hydrogens (tertiary/aromatic N) is 3. The van der Waals surface area contributed by atoms with Gasteiger partial charge in [-0.05, 0) is 40.2 Å². The molecule has 0 saturated carbocycles. The van der Waals surface area contributed by atoms with E-state index in [1.807, 2.05) is 18.2 Å². The maximum absolute atomic E-state index is 8.79. The van der Waals surface area contributed by atoms with Gasteiger partial charge in [0.2, 0.25) is 0 Å². The lowest BCUT2D eigenvalue weighted by molar-refractivity contribution is 1.05. The molecule has 16 heavy (non-hydrogen) atoms. The molecule has 1 aromatic heterocycles. The van der Waals surface area contributed by atoms with Gasteiger partial charge in [0.25, 0.3) is 0 Å². The molecule has 0 unspecified atom stereocenters. The predicted octanol–water partition coefficient (Wildman–Crippen LogP) is 3.26. The summed E-state index contributed by atoms with van der Waals surface area (Å²) in [5.41, 5.74) is 0.632. The fourth-order valence-electron chi connectivity index (χ4n) is 1.11. The Morgan fingerprint density at radius 3 is 2.81 bits per heavy atom. The maximum atomic E-state index is 8.79. The topological polar surface area (TPSA) is 49.6 Å². The number of aromatic nitrogens is 2. The van der Waals surface area contributed by atoms with Gasteiger partial charge in [0.05, 0.1) is 5.56 Å². The van der Waals surface area contributed by atoms with Crippen molar-refractivity contribution in [2.75, 3.05) is 0 Å². The average Bonchev–Trinajstić information content (AvgIpc) is 2.31. The molecule has 0 saturated heterocycles. The third-order valence-electron chi connectivity index (χ3n) is 1.84. The molecule has 0 radical (unpaired) electrons. The summed E-state index contributed by atoms with van der Waals surface area (Å²) in [5.74, 6) is 0. The summed E-state index contributed by atoms with van der Waals surface area (Å²) in [4.78, 5) is 9.01. The molecule has 0 aliphatic heterocycles. The Bertz CT molecular complexity index is 537. The highest BCUT2D eigenvalue weighted by molar-refractivity contribution is 9.10. The maximum Gasteiger partial charge on any atom is 0.116 e. The van der Waals surface area contributed by atoms with Crippen LogP contribution in [0.2, 0.25) is 0 Å². The summed E-state index contributed by atoms with van der Waals surface area (Å²) in [5, 5.41) is 9.67. The second kappa shape index (κ2) is 5.10. The first-order valence-corrected chi connectivity index (χ1v) is 6.04. The standard InChI is InChI=1S/C11H6BrN3S/c12-10-5-9(2-1-8(10)6-13)16-11-3-4-14-7-15-11/h1-5,7H. The van der Waals surface area contributed by atoms with E-state index in [0.29, 0.717) is 5.56 Å². The van der Waals surface area contributed by atoms with Gasteiger partial charge >= 0.3 is 0 Å². The summed E-state index contributed by atoms with van der Waals surface area (Å²) in [6.45, 7) is 0. The van der Waals surface area contributed by atoms with Crippen molar-refractivity contribution in [1.29, 1.82) is 5.26 Å². The average molecular weight is 292 g/mol. The smallest absolute Gasteiger partial charge is 0.116 e. The molecule has 0 N–H and O–H groups in total. The molecule has 0 fully saturated rings. The third kappa shape index (κ3) is 2.60. The van der Waals surface area contributed by atoms with E-state index in [1.165, 1.54) is 18.1 Å². The van der Waals surface area contributed by atoms with Crippen LogP contribution in [0.1, 0.15) is 5.56 Å². The van der Waals surface area contributed by atoms with Crippen molar-refractivity contribution in [2.45, 2.75) is 9.92 Å². The summed E-state index contributed by atoms with van der Waals surface area (Å²) >= 11 is 4.88. The molecule has 0 bridgehead atoms. The molecule has 78 valence electrons. The number of rotatable bonds is 2. The van der Waals surface area contributed by atoms with E-state index in [1.54, 1.807) is 12.3 Å². The Hall–Kier alpha value is -1.38. The van der Waals surface area contributed by atoms with Crippen LogP contribution in [0.25, 0.3) is 0 Å². The number of hydrogen-bond acceptors (Lipinski definition) is 4. The van der Waals surface area contributed by atoms with Crippen LogP contribution in [0.15, 0.2) is 51.2 Å². The van der Waals surface area contributed by atoms with Gasteiger partial charge in [0.1, 0.15) is 17.4 Å². The number of halogens is 1. The molecule has 2 aromatic rings. The summed E-state index contributed by atoms with van der Waals surface area (Å²) < 4.78 is 0.800. The zero-order valence-electron chi connectivity index (χ0n) is 8.09. The molecule has 3 nitrogen and oxygen atoms in total. The molecule has 5 heteroatoms. The molecular formula is C11H6BrN3S. The molecule has 1 aromatic carbocycles. The van der Waals surface area contributed by atoms with Crippen LogP contribution in [-0.2, 0) is 0 Å². The van der Waals surface area contributed by atoms with Crippen molar-refractivity contribution in [2.24, 2.45) is 0 Å². The van der Waals surface area contributed by atoms with Crippen LogP contribution in [0.4, 0.5) is 0 Å². The van der Waals surface area contributed by atoms with Gasteiger partial charge in [-0.25, -0.2) is 9.97 Å². The van der Waals surface area contributed by atoms with E-state index in [4.69, 9.17) is 5.26 Å². The van der Waals surface area contributed by atoms with Crippen molar-refractivity contribution in [3.63, 3.8) is 0 Å². The van der Waals surface area contributed by atoms with Crippen molar-refractivity contribution >= 4 is 27.7 Å². The molecule has 0 spiro atoms. The van der Waals surface area contributed by atoms with Crippen molar-refractivity contribution in [3.05, 3.63) is 46.8 Å². The monoisotopic (exact) mass is 291 g/mol. The highest BCUT2D eigenvalue weighted by Crippen LogP contribution is 2.29. The third-order valence-corrected chi connectivity index (χ3v) is 3.43. The Kier molecular flexibility index (Phi) is 3.54. The van der Waals surface area contributed by atoms with E-state index in [9.17, 15) is 0 Å². The van der Waals surface area contributed by atoms with Gasteiger partial charge in [-0.15, -0.1) is 0 Å². The van der Waals surface area contributed by atoms with E-state index in [2.05, 4.69) is 32.0 Å². The second-order valence-corrected chi connectivity index (χ2v) is 4.85. The molecule has 0 aliphatic rings. The zero-order chi connectivity index (χ0) is 11.4. The number of benzene rings is 1. The van der Waals surface area contributed by atoms with Gasteiger partial charge < -0.3 is 0 Å². The van der Waals surface area contributed by atoms with E-state index in [-0.39, 0.29) is 0 Å². The summed E-state index contributed by atoms with van der Waals surface area (Å²) in [6.07, 6.45) is 3.22. The second-order valence-electron chi connectivity index (χ2n) is 2.90. The SMILES string of the molecule is N#Cc1ccc(Sc2ccncn2)cc1Br. The van der Waals surface area contributed by atoms with Crippen LogP contribution in [0.5, 0.6) is 0 Å². The minimum absolute atomic E-state index is 0.632. The molecular weight excluding hydrogens is 286 g/mol. The summed E-state index contributed by atoms with van der Waals surface area (Å²) in [6, 6.07) is 9.54. The fraction of sp³-hybridized carbons (Fsp3) is 0. The highest BCUT2D eigenvalue weighted by atomic mass is 79.9. The lowest BCUT2D eigenvalue weighted by atomic mass is 10.2. The Balaban J connectivity index is 2.24. The fourth-order valence-corrected chi connectivity index (χ4v) is 2.51. The minimum atomic E-state index is 0.632. The lowest BCUT2D eigenvalue weighted by Gasteiger charge is -2.01.